The molecule has 27 heavy (non-hydrogen) atoms. The van der Waals surface area contributed by atoms with E-state index in [2.05, 4.69) is 31.2 Å². The van der Waals surface area contributed by atoms with E-state index in [9.17, 15) is 4.79 Å². The van der Waals surface area contributed by atoms with Gasteiger partial charge < -0.3 is 0 Å². The Labute approximate surface area is 158 Å². The Morgan fingerprint density at radius 1 is 0.815 bits per heavy atom. The normalized spacial score (nSPS) is 11.3. The van der Waals surface area contributed by atoms with Gasteiger partial charge in [0.2, 0.25) is 0 Å². The number of para-hydroxylation sites is 2. The number of aryl methyl sites for hydroxylation is 2. The van der Waals surface area contributed by atoms with E-state index in [4.69, 9.17) is 4.98 Å². The standard InChI is InChI=1S/C24H20N2O/c1-17-11-13-19(14-12-17)15-16-23-25-21-9-5-4-8-20(21)24(27)26(23)22-10-6-3-7-18(22)2/h3-16H,1-2H3/b16-15+. The van der Waals surface area contributed by atoms with Crippen molar-refractivity contribution >= 4 is 23.1 Å². The molecular formula is C24H20N2O. The van der Waals surface area contributed by atoms with Gasteiger partial charge in [0.1, 0.15) is 5.82 Å². The van der Waals surface area contributed by atoms with Crippen LogP contribution < -0.4 is 5.56 Å². The fourth-order valence-electron chi connectivity index (χ4n) is 3.16. The number of hydrogen-bond acceptors (Lipinski definition) is 2. The van der Waals surface area contributed by atoms with Crippen molar-refractivity contribution in [3.05, 3.63) is 106 Å². The molecule has 0 radical (unpaired) electrons. The third-order valence-electron chi connectivity index (χ3n) is 4.66. The van der Waals surface area contributed by atoms with Crippen LogP contribution in [0.4, 0.5) is 0 Å². The zero-order chi connectivity index (χ0) is 18.8. The lowest BCUT2D eigenvalue weighted by Crippen LogP contribution is -2.23. The largest absolute Gasteiger partial charge is 0.268 e. The van der Waals surface area contributed by atoms with Crippen LogP contribution in [0.5, 0.6) is 0 Å². The van der Waals surface area contributed by atoms with Crippen LogP contribution in [0.1, 0.15) is 22.5 Å². The average Bonchev–Trinajstić information content (AvgIpc) is 2.69. The van der Waals surface area contributed by atoms with Gasteiger partial charge in [0.25, 0.3) is 5.56 Å². The van der Waals surface area contributed by atoms with Crippen molar-refractivity contribution in [2.24, 2.45) is 0 Å². The minimum absolute atomic E-state index is 0.0570. The van der Waals surface area contributed by atoms with E-state index in [1.54, 1.807) is 4.57 Å². The van der Waals surface area contributed by atoms with Crippen molar-refractivity contribution in [3.63, 3.8) is 0 Å². The van der Waals surface area contributed by atoms with Gasteiger partial charge in [-0.2, -0.15) is 0 Å². The van der Waals surface area contributed by atoms with Gasteiger partial charge in [0.05, 0.1) is 16.6 Å². The first-order valence-electron chi connectivity index (χ1n) is 8.96. The number of nitrogens with zero attached hydrogens (tertiary/aromatic N) is 2. The summed E-state index contributed by atoms with van der Waals surface area (Å²) >= 11 is 0. The minimum Gasteiger partial charge on any atom is -0.268 e. The van der Waals surface area contributed by atoms with E-state index in [1.807, 2.05) is 67.6 Å². The number of rotatable bonds is 3. The lowest BCUT2D eigenvalue weighted by Gasteiger charge is -2.13. The zero-order valence-corrected chi connectivity index (χ0v) is 15.4. The monoisotopic (exact) mass is 352 g/mol. The molecule has 3 nitrogen and oxygen atoms in total. The first kappa shape index (κ1) is 17.0. The number of hydrogen-bond donors (Lipinski definition) is 0. The van der Waals surface area contributed by atoms with Crippen molar-refractivity contribution in [1.82, 2.24) is 9.55 Å². The molecule has 4 rings (SSSR count). The molecule has 0 aliphatic rings. The van der Waals surface area contributed by atoms with Crippen LogP contribution >= 0.6 is 0 Å². The van der Waals surface area contributed by atoms with E-state index < -0.39 is 0 Å². The Morgan fingerprint density at radius 3 is 2.30 bits per heavy atom. The van der Waals surface area contributed by atoms with E-state index in [0.29, 0.717) is 16.7 Å². The molecule has 0 aliphatic carbocycles. The summed E-state index contributed by atoms with van der Waals surface area (Å²) in [6.45, 7) is 4.07. The molecule has 0 fully saturated rings. The van der Waals surface area contributed by atoms with Gasteiger partial charge in [0, 0.05) is 0 Å². The summed E-state index contributed by atoms with van der Waals surface area (Å²) in [5, 5.41) is 0.619. The molecule has 0 saturated heterocycles. The maximum atomic E-state index is 13.2. The van der Waals surface area contributed by atoms with Crippen molar-refractivity contribution < 1.29 is 0 Å². The van der Waals surface area contributed by atoms with Gasteiger partial charge in [-0.25, -0.2) is 4.98 Å². The van der Waals surface area contributed by atoms with Crippen LogP contribution in [0.2, 0.25) is 0 Å². The topological polar surface area (TPSA) is 34.9 Å². The minimum atomic E-state index is -0.0570. The quantitative estimate of drug-likeness (QED) is 0.510. The van der Waals surface area contributed by atoms with Crippen molar-refractivity contribution in [1.29, 1.82) is 0 Å². The fourth-order valence-corrected chi connectivity index (χ4v) is 3.16. The zero-order valence-electron chi connectivity index (χ0n) is 15.4. The van der Waals surface area contributed by atoms with Gasteiger partial charge in [0.15, 0.2) is 0 Å². The van der Waals surface area contributed by atoms with Crippen LogP contribution in [0.3, 0.4) is 0 Å². The molecule has 4 aromatic rings. The second kappa shape index (κ2) is 7.04. The second-order valence-electron chi connectivity index (χ2n) is 6.66. The van der Waals surface area contributed by atoms with Gasteiger partial charge >= 0.3 is 0 Å². The van der Waals surface area contributed by atoms with Crippen LogP contribution in [-0.4, -0.2) is 9.55 Å². The van der Waals surface area contributed by atoms with Gasteiger partial charge in [-0.1, -0.05) is 66.2 Å². The molecule has 0 aliphatic heterocycles. The summed E-state index contributed by atoms with van der Waals surface area (Å²) in [5.74, 6) is 0.619. The lowest BCUT2D eigenvalue weighted by molar-refractivity contribution is 0.934. The highest BCUT2D eigenvalue weighted by atomic mass is 16.1. The van der Waals surface area contributed by atoms with E-state index >= 15 is 0 Å². The Balaban J connectivity index is 1.95. The molecule has 132 valence electrons. The summed E-state index contributed by atoms with van der Waals surface area (Å²) in [5.41, 5.74) is 4.81. The average molecular weight is 352 g/mol. The van der Waals surface area contributed by atoms with Crippen LogP contribution in [-0.2, 0) is 0 Å². The van der Waals surface area contributed by atoms with Gasteiger partial charge in [-0.05, 0) is 49.2 Å². The fraction of sp³-hybridized carbons (Fsp3) is 0.0833. The van der Waals surface area contributed by atoms with E-state index in [1.165, 1.54) is 5.56 Å². The number of benzene rings is 3. The molecule has 0 amide bonds. The lowest BCUT2D eigenvalue weighted by atomic mass is 10.1. The third kappa shape index (κ3) is 3.32. The van der Waals surface area contributed by atoms with Crippen molar-refractivity contribution in [2.45, 2.75) is 13.8 Å². The Kier molecular flexibility index (Phi) is 4.43. The van der Waals surface area contributed by atoms with Gasteiger partial charge in [-0.3, -0.25) is 9.36 Å². The molecule has 0 unspecified atom stereocenters. The molecule has 3 heteroatoms. The van der Waals surface area contributed by atoms with Crippen LogP contribution in [0, 0.1) is 13.8 Å². The molecule has 0 spiro atoms. The van der Waals surface area contributed by atoms with Gasteiger partial charge in [-0.15, -0.1) is 0 Å². The molecule has 0 N–H and O–H groups in total. The maximum absolute atomic E-state index is 13.2. The van der Waals surface area contributed by atoms with Crippen LogP contribution in [0.25, 0.3) is 28.7 Å². The molecule has 0 bridgehead atoms. The SMILES string of the molecule is Cc1ccc(/C=C/c2nc3ccccc3c(=O)n2-c2ccccc2C)cc1. The predicted octanol–water partition coefficient (Wildman–Crippen LogP) is 5.17. The Hall–Kier alpha value is -3.46. The Bertz CT molecular complexity index is 1200. The summed E-state index contributed by atoms with van der Waals surface area (Å²) in [4.78, 5) is 18.0. The number of aromatic nitrogens is 2. The molecule has 1 heterocycles. The van der Waals surface area contributed by atoms with E-state index in [-0.39, 0.29) is 5.56 Å². The van der Waals surface area contributed by atoms with Crippen LogP contribution in [0.15, 0.2) is 77.6 Å². The smallest absolute Gasteiger partial charge is 0.266 e. The van der Waals surface area contributed by atoms with Crippen molar-refractivity contribution in [2.75, 3.05) is 0 Å². The molecule has 0 atom stereocenters. The highest BCUT2D eigenvalue weighted by Gasteiger charge is 2.12. The molecular weight excluding hydrogens is 332 g/mol. The summed E-state index contributed by atoms with van der Waals surface area (Å²) in [6, 6.07) is 23.6. The number of fused-ring (bicyclic) bond motifs is 1. The first-order chi connectivity index (χ1) is 13.1. The molecule has 0 saturated carbocycles. The highest BCUT2D eigenvalue weighted by Crippen LogP contribution is 2.18. The molecule has 3 aromatic carbocycles. The second-order valence-corrected chi connectivity index (χ2v) is 6.66. The van der Waals surface area contributed by atoms with E-state index in [0.717, 1.165) is 16.8 Å². The summed E-state index contributed by atoms with van der Waals surface area (Å²) in [6.07, 6.45) is 3.90. The molecule has 1 aromatic heterocycles. The first-order valence-corrected chi connectivity index (χ1v) is 8.96. The summed E-state index contributed by atoms with van der Waals surface area (Å²) in [7, 11) is 0. The third-order valence-corrected chi connectivity index (χ3v) is 4.66. The Morgan fingerprint density at radius 2 is 1.52 bits per heavy atom. The predicted molar refractivity (Wildman–Crippen MR) is 112 cm³/mol. The summed E-state index contributed by atoms with van der Waals surface area (Å²) < 4.78 is 1.70. The highest BCUT2D eigenvalue weighted by molar-refractivity contribution is 5.80. The maximum Gasteiger partial charge on any atom is 0.266 e. The van der Waals surface area contributed by atoms with Crippen molar-refractivity contribution in [3.8, 4) is 5.69 Å².